The molecule has 1 aliphatic heterocycles. The second-order valence-electron chi connectivity index (χ2n) is 5.37. The van der Waals surface area contributed by atoms with Crippen LogP contribution in [0.3, 0.4) is 0 Å². The van der Waals surface area contributed by atoms with Crippen LogP contribution in [0.15, 0.2) is 47.6 Å². The zero-order valence-corrected chi connectivity index (χ0v) is 11.3. The van der Waals surface area contributed by atoms with Gasteiger partial charge in [-0.3, -0.25) is 4.98 Å². The van der Waals surface area contributed by atoms with E-state index in [1.54, 1.807) is 0 Å². The van der Waals surface area contributed by atoms with E-state index in [4.69, 9.17) is 4.74 Å². The summed E-state index contributed by atoms with van der Waals surface area (Å²) >= 11 is 0. The van der Waals surface area contributed by atoms with E-state index < -0.39 is 11.7 Å². The molecule has 1 aromatic carbocycles. The molecule has 1 aliphatic carbocycles. The topological polar surface area (TPSA) is 34.5 Å². The molecule has 1 aromatic heterocycles. The fourth-order valence-corrected chi connectivity index (χ4v) is 2.91. The Balaban J connectivity index is 1.63. The van der Waals surface area contributed by atoms with E-state index in [1.165, 1.54) is 11.6 Å². The van der Waals surface area contributed by atoms with Crippen molar-refractivity contribution in [2.45, 2.75) is 24.7 Å². The number of pyridine rings is 1. The SMILES string of the molecule is FC(F)(F)c1ccc(C2=NC3c4ccccc4CC3O2)nc1. The summed E-state index contributed by atoms with van der Waals surface area (Å²) < 4.78 is 43.4. The van der Waals surface area contributed by atoms with Crippen molar-refractivity contribution in [3.05, 3.63) is 65.0 Å². The number of rotatable bonds is 1. The lowest BCUT2D eigenvalue weighted by atomic mass is 10.1. The monoisotopic (exact) mass is 304 g/mol. The Hall–Kier alpha value is -2.37. The molecule has 0 N–H and O–H groups in total. The molecule has 0 spiro atoms. The number of hydrogen-bond acceptors (Lipinski definition) is 3. The maximum absolute atomic E-state index is 12.5. The third-order valence-corrected chi connectivity index (χ3v) is 3.98. The van der Waals surface area contributed by atoms with Gasteiger partial charge in [0.15, 0.2) is 0 Å². The van der Waals surface area contributed by atoms with Crippen molar-refractivity contribution in [1.82, 2.24) is 4.98 Å². The molecule has 0 saturated heterocycles. The Morgan fingerprint density at radius 3 is 2.64 bits per heavy atom. The van der Waals surface area contributed by atoms with Crippen LogP contribution in [0.1, 0.15) is 28.4 Å². The summed E-state index contributed by atoms with van der Waals surface area (Å²) in [5.41, 5.74) is 1.88. The summed E-state index contributed by atoms with van der Waals surface area (Å²) in [5, 5.41) is 0. The van der Waals surface area contributed by atoms with Crippen LogP contribution in [0.4, 0.5) is 13.2 Å². The largest absolute Gasteiger partial charge is 0.470 e. The third-order valence-electron chi connectivity index (χ3n) is 3.98. The molecule has 0 bridgehead atoms. The van der Waals surface area contributed by atoms with Gasteiger partial charge in [-0.15, -0.1) is 0 Å². The van der Waals surface area contributed by atoms with E-state index in [1.807, 2.05) is 24.3 Å². The van der Waals surface area contributed by atoms with E-state index in [9.17, 15) is 13.2 Å². The maximum atomic E-state index is 12.5. The minimum atomic E-state index is -4.39. The van der Waals surface area contributed by atoms with Crippen LogP contribution in [0, 0.1) is 0 Å². The quantitative estimate of drug-likeness (QED) is 0.807. The number of ether oxygens (including phenoxy) is 1. The van der Waals surface area contributed by atoms with E-state index in [0.717, 1.165) is 24.2 Å². The number of benzene rings is 1. The van der Waals surface area contributed by atoms with Crippen molar-refractivity contribution >= 4 is 5.90 Å². The molecule has 0 amide bonds. The number of alkyl halides is 3. The molecule has 2 unspecified atom stereocenters. The van der Waals surface area contributed by atoms with Gasteiger partial charge in [0, 0.05) is 12.6 Å². The van der Waals surface area contributed by atoms with Gasteiger partial charge in [-0.25, -0.2) is 4.99 Å². The normalized spacial score (nSPS) is 22.8. The van der Waals surface area contributed by atoms with Crippen LogP contribution in [0.25, 0.3) is 0 Å². The molecule has 0 fully saturated rings. The molecule has 2 heterocycles. The molecular weight excluding hydrogens is 293 g/mol. The molecule has 22 heavy (non-hydrogen) atoms. The van der Waals surface area contributed by atoms with Crippen molar-refractivity contribution in [3.63, 3.8) is 0 Å². The second-order valence-corrected chi connectivity index (χ2v) is 5.37. The van der Waals surface area contributed by atoms with Gasteiger partial charge in [0.2, 0.25) is 5.90 Å². The smallest absolute Gasteiger partial charge is 0.417 e. The lowest BCUT2D eigenvalue weighted by molar-refractivity contribution is -0.137. The van der Waals surface area contributed by atoms with Crippen LogP contribution in [-0.2, 0) is 17.3 Å². The van der Waals surface area contributed by atoms with Gasteiger partial charge in [0.1, 0.15) is 17.8 Å². The highest BCUT2D eigenvalue weighted by molar-refractivity contribution is 5.93. The standard InChI is InChI=1S/C16H11F3N2O/c17-16(18,19)10-5-6-12(20-8-10)15-21-14-11-4-2-1-3-9(11)7-13(14)22-15/h1-6,8,13-14H,7H2. The van der Waals surface area contributed by atoms with Gasteiger partial charge in [-0.1, -0.05) is 24.3 Å². The van der Waals surface area contributed by atoms with E-state index in [2.05, 4.69) is 9.98 Å². The summed E-state index contributed by atoms with van der Waals surface area (Å²) in [5.74, 6) is 0.318. The first-order valence-corrected chi connectivity index (χ1v) is 6.88. The summed E-state index contributed by atoms with van der Waals surface area (Å²) in [6.07, 6.45) is -2.91. The van der Waals surface area contributed by atoms with Gasteiger partial charge >= 0.3 is 6.18 Å². The molecule has 4 rings (SSSR count). The summed E-state index contributed by atoms with van der Waals surface area (Å²) in [6.45, 7) is 0. The lowest BCUT2D eigenvalue weighted by Gasteiger charge is -2.09. The highest BCUT2D eigenvalue weighted by Crippen LogP contribution is 2.40. The fraction of sp³-hybridized carbons (Fsp3) is 0.250. The van der Waals surface area contributed by atoms with Gasteiger partial charge in [-0.05, 0) is 23.3 Å². The number of fused-ring (bicyclic) bond motifs is 3. The van der Waals surface area contributed by atoms with Crippen molar-refractivity contribution < 1.29 is 17.9 Å². The zero-order valence-electron chi connectivity index (χ0n) is 11.3. The molecule has 0 saturated carbocycles. The lowest BCUT2D eigenvalue weighted by Crippen LogP contribution is -2.14. The van der Waals surface area contributed by atoms with Crippen molar-refractivity contribution in [3.8, 4) is 0 Å². The average Bonchev–Trinajstić information content (AvgIpc) is 3.04. The molecule has 3 nitrogen and oxygen atoms in total. The average molecular weight is 304 g/mol. The Morgan fingerprint density at radius 2 is 1.91 bits per heavy atom. The molecule has 112 valence electrons. The van der Waals surface area contributed by atoms with Crippen LogP contribution >= 0.6 is 0 Å². The number of halogens is 3. The first-order chi connectivity index (χ1) is 10.5. The first kappa shape index (κ1) is 13.3. The highest BCUT2D eigenvalue weighted by Gasteiger charge is 2.40. The molecular formula is C16H11F3N2O. The molecule has 6 heteroatoms. The number of aliphatic imine (C=N–C) groups is 1. The van der Waals surface area contributed by atoms with Crippen LogP contribution < -0.4 is 0 Å². The Labute approximate surface area is 124 Å². The van der Waals surface area contributed by atoms with Gasteiger partial charge in [0.05, 0.1) is 5.56 Å². The van der Waals surface area contributed by atoms with Crippen LogP contribution in [0.5, 0.6) is 0 Å². The summed E-state index contributed by atoms with van der Waals surface area (Å²) in [6, 6.07) is 10.2. The highest BCUT2D eigenvalue weighted by atomic mass is 19.4. The second kappa shape index (κ2) is 4.56. The van der Waals surface area contributed by atoms with Crippen LogP contribution in [0.2, 0.25) is 0 Å². The van der Waals surface area contributed by atoms with Crippen molar-refractivity contribution in [2.75, 3.05) is 0 Å². The summed E-state index contributed by atoms with van der Waals surface area (Å²) in [4.78, 5) is 8.34. The van der Waals surface area contributed by atoms with Gasteiger partial charge in [0.25, 0.3) is 0 Å². The predicted molar refractivity (Wildman–Crippen MR) is 73.5 cm³/mol. The third kappa shape index (κ3) is 2.06. The van der Waals surface area contributed by atoms with Gasteiger partial charge < -0.3 is 4.74 Å². The minimum Gasteiger partial charge on any atom is -0.470 e. The molecule has 0 radical (unpaired) electrons. The predicted octanol–water partition coefficient (Wildman–Crippen LogP) is 3.54. The minimum absolute atomic E-state index is 0.0866. The Kier molecular flexibility index (Phi) is 2.76. The number of nitrogens with zero attached hydrogens (tertiary/aromatic N) is 2. The summed E-state index contributed by atoms with van der Waals surface area (Å²) in [7, 11) is 0. The molecule has 2 aliphatic rings. The zero-order chi connectivity index (χ0) is 15.3. The Bertz CT molecular complexity index is 753. The maximum Gasteiger partial charge on any atom is 0.417 e. The van der Waals surface area contributed by atoms with Gasteiger partial charge in [-0.2, -0.15) is 13.2 Å². The van der Waals surface area contributed by atoms with E-state index in [0.29, 0.717) is 11.6 Å². The van der Waals surface area contributed by atoms with E-state index in [-0.39, 0.29) is 12.1 Å². The molecule has 2 atom stereocenters. The Morgan fingerprint density at radius 1 is 1.09 bits per heavy atom. The fourth-order valence-electron chi connectivity index (χ4n) is 2.91. The number of hydrogen-bond donors (Lipinski definition) is 0. The van der Waals surface area contributed by atoms with Crippen molar-refractivity contribution in [2.24, 2.45) is 4.99 Å². The van der Waals surface area contributed by atoms with E-state index >= 15 is 0 Å². The first-order valence-electron chi connectivity index (χ1n) is 6.88. The number of aromatic nitrogens is 1. The molecule has 2 aromatic rings. The van der Waals surface area contributed by atoms with Crippen molar-refractivity contribution in [1.29, 1.82) is 0 Å². The van der Waals surface area contributed by atoms with Crippen LogP contribution in [-0.4, -0.2) is 17.0 Å².